The van der Waals surface area contributed by atoms with Crippen LogP contribution >= 0.6 is 11.6 Å². The van der Waals surface area contributed by atoms with Gasteiger partial charge in [-0.15, -0.1) is 0 Å². The average molecular weight is 280 g/mol. The van der Waals surface area contributed by atoms with Crippen molar-refractivity contribution in [3.8, 4) is 0 Å². The number of rotatable bonds is 7. The molecule has 0 saturated heterocycles. The number of imidazole rings is 1. The van der Waals surface area contributed by atoms with Gasteiger partial charge in [-0.2, -0.15) is 0 Å². The zero-order chi connectivity index (χ0) is 13.5. The average Bonchev–Trinajstić information content (AvgIpc) is 2.85. The highest BCUT2D eigenvalue weighted by Crippen LogP contribution is 2.18. The monoisotopic (exact) mass is 279 g/mol. The van der Waals surface area contributed by atoms with Gasteiger partial charge in [0.1, 0.15) is 0 Å². The molecule has 0 aliphatic rings. The fraction of sp³-hybridized carbons (Fsp3) is 0.357. The van der Waals surface area contributed by atoms with Gasteiger partial charge < -0.3 is 14.6 Å². The summed E-state index contributed by atoms with van der Waals surface area (Å²) >= 11 is 5.86. The van der Waals surface area contributed by atoms with Crippen LogP contribution in [0.5, 0.6) is 0 Å². The number of ether oxygens (including phenoxy) is 1. The molecule has 0 aliphatic heterocycles. The standard InChI is InChI=1S/C14H18ClN3O/c1-2-19-11-3-9-18-10-8-16-14(18)17-13-6-4-12(15)5-7-13/h4-8,10H,2-3,9,11H2,1H3,(H,16,17). The Bertz CT molecular complexity index is 496. The molecule has 0 bridgehead atoms. The number of anilines is 2. The molecule has 1 aromatic carbocycles. The number of nitrogens with zero attached hydrogens (tertiary/aromatic N) is 2. The Labute approximate surface area is 118 Å². The molecule has 0 aliphatic carbocycles. The van der Waals surface area contributed by atoms with E-state index >= 15 is 0 Å². The molecule has 102 valence electrons. The van der Waals surface area contributed by atoms with Crippen LogP contribution in [-0.2, 0) is 11.3 Å². The maximum Gasteiger partial charge on any atom is 0.207 e. The summed E-state index contributed by atoms with van der Waals surface area (Å²) in [5, 5.41) is 4.00. The van der Waals surface area contributed by atoms with Crippen LogP contribution in [0, 0.1) is 0 Å². The van der Waals surface area contributed by atoms with E-state index in [0.29, 0.717) is 0 Å². The molecular formula is C14H18ClN3O. The quantitative estimate of drug-likeness (QED) is 0.786. The highest BCUT2D eigenvalue weighted by molar-refractivity contribution is 6.30. The first-order valence-electron chi connectivity index (χ1n) is 6.41. The first-order valence-corrected chi connectivity index (χ1v) is 6.79. The van der Waals surface area contributed by atoms with E-state index in [0.717, 1.165) is 42.8 Å². The number of nitrogens with one attached hydrogen (secondary N) is 1. The molecule has 2 aromatic rings. The summed E-state index contributed by atoms with van der Waals surface area (Å²) in [5.41, 5.74) is 0.974. The van der Waals surface area contributed by atoms with E-state index in [1.165, 1.54) is 0 Å². The molecule has 0 spiro atoms. The molecule has 1 heterocycles. The SMILES string of the molecule is CCOCCCn1ccnc1Nc1ccc(Cl)cc1. The maximum absolute atomic E-state index is 5.86. The van der Waals surface area contributed by atoms with E-state index in [1.54, 1.807) is 6.20 Å². The molecule has 4 nitrogen and oxygen atoms in total. The molecule has 0 unspecified atom stereocenters. The third-order valence-corrected chi connectivity index (χ3v) is 2.96. The maximum atomic E-state index is 5.86. The van der Waals surface area contributed by atoms with Gasteiger partial charge in [0.2, 0.25) is 5.95 Å². The topological polar surface area (TPSA) is 39.1 Å². The van der Waals surface area contributed by atoms with Crippen molar-refractivity contribution in [2.75, 3.05) is 18.5 Å². The highest BCUT2D eigenvalue weighted by atomic mass is 35.5. The largest absolute Gasteiger partial charge is 0.382 e. The summed E-state index contributed by atoms with van der Waals surface area (Å²) in [6.07, 6.45) is 4.72. The minimum atomic E-state index is 0.727. The van der Waals surface area contributed by atoms with Gasteiger partial charge in [-0.25, -0.2) is 4.98 Å². The lowest BCUT2D eigenvalue weighted by molar-refractivity contribution is 0.142. The Morgan fingerprint density at radius 3 is 2.84 bits per heavy atom. The molecule has 2 rings (SSSR count). The third-order valence-electron chi connectivity index (χ3n) is 2.71. The van der Waals surface area contributed by atoms with Crippen LogP contribution in [-0.4, -0.2) is 22.8 Å². The van der Waals surface area contributed by atoms with E-state index < -0.39 is 0 Å². The normalized spacial score (nSPS) is 10.6. The molecule has 1 N–H and O–H groups in total. The van der Waals surface area contributed by atoms with Gasteiger partial charge in [-0.1, -0.05) is 11.6 Å². The minimum Gasteiger partial charge on any atom is -0.382 e. The Morgan fingerprint density at radius 2 is 2.11 bits per heavy atom. The summed E-state index contributed by atoms with van der Waals surface area (Å²) in [7, 11) is 0. The molecule has 0 radical (unpaired) electrons. The van der Waals surface area contributed by atoms with Crippen LogP contribution < -0.4 is 5.32 Å². The Kier molecular flexibility index (Phi) is 5.24. The van der Waals surface area contributed by atoms with E-state index in [2.05, 4.69) is 14.9 Å². The molecule has 1 aromatic heterocycles. The number of aromatic nitrogens is 2. The number of halogens is 1. The van der Waals surface area contributed by atoms with E-state index in [9.17, 15) is 0 Å². The summed E-state index contributed by atoms with van der Waals surface area (Å²) in [5.74, 6) is 0.832. The van der Waals surface area contributed by atoms with Crippen LogP contribution in [0.15, 0.2) is 36.7 Å². The van der Waals surface area contributed by atoms with Gasteiger partial charge in [-0.3, -0.25) is 0 Å². The first kappa shape index (κ1) is 13.9. The Hall–Kier alpha value is -1.52. The molecule has 19 heavy (non-hydrogen) atoms. The third kappa shape index (κ3) is 4.26. The second kappa shape index (κ2) is 7.16. The van der Waals surface area contributed by atoms with Gasteiger partial charge in [0.25, 0.3) is 0 Å². The molecule has 0 saturated carbocycles. The van der Waals surface area contributed by atoms with Crippen molar-refractivity contribution in [2.24, 2.45) is 0 Å². The van der Waals surface area contributed by atoms with Gasteiger partial charge >= 0.3 is 0 Å². The van der Waals surface area contributed by atoms with Crippen molar-refractivity contribution in [2.45, 2.75) is 19.9 Å². The summed E-state index contributed by atoms with van der Waals surface area (Å²) in [4.78, 5) is 4.31. The Morgan fingerprint density at radius 1 is 1.32 bits per heavy atom. The van der Waals surface area contributed by atoms with Crippen LogP contribution in [0.3, 0.4) is 0 Å². The predicted molar refractivity (Wildman–Crippen MR) is 78.1 cm³/mol. The second-order valence-corrected chi connectivity index (χ2v) is 4.56. The molecule has 0 fully saturated rings. The van der Waals surface area contributed by atoms with Crippen molar-refractivity contribution in [1.82, 2.24) is 9.55 Å². The molecular weight excluding hydrogens is 262 g/mol. The fourth-order valence-corrected chi connectivity index (χ4v) is 1.88. The fourth-order valence-electron chi connectivity index (χ4n) is 1.76. The lowest BCUT2D eigenvalue weighted by atomic mass is 10.3. The van der Waals surface area contributed by atoms with E-state index in [4.69, 9.17) is 16.3 Å². The minimum absolute atomic E-state index is 0.727. The highest BCUT2D eigenvalue weighted by Gasteiger charge is 2.02. The zero-order valence-corrected chi connectivity index (χ0v) is 11.7. The number of benzene rings is 1. The van der Waals surface area contributed by atoms with Gasteiger partial charge in [0.05, 0.1) is 0 Å². The van der Waals surface area contributed by atoms with Crippen LogP contribution in [0.4, 0.5) is 11.6 Å². The smallest absolute Gasteiger partial charge is 0.207 e. The van der Waals surface area contributed by atoms with Crippen molar-refractivity contribution >= 4 is 23.2 Å². The van der Waals surface area contributed by atoms with Crippen molar-refractivity contribution in [1.29, 1.82) is 0 Å². The number of hydrogen-bond acceptors (Lipinski definition) is 3. The predicted octanol–water partition coefficient (Wildman–Crippen LogP) is 3.71. The zero-order valence-electron chi connectivity index (χ0n) is 11.0. The van der Waals surface area contributed by atoms with Gasteiger partial charge in [-0.05, 0) is 37.6 Å². The number of hydrogen-bond donors (Lipinski definition) is 1. The summed E-state index contributed by atoms with van der Waals surface area (Å²) < 4.78 is 7.41. The van der Waals surface area contributed by atoms with Crippen molar-refractivity contribution in [3.05, 3.63) is 41.7 Å². The lowest BCUT2D eigenvalue weighted by Crippen LogP contribution is -2.05. The number of aryl methyl sites for hydroxylation is 1. The molecule has 5 heteroatoms. The van der Waals surface area contributed by atoms with Crippen molar-refractivity contribution < 1.29 is 4.74 Å². The van der Waals surface area contributed by atoms with Crippen LogP contribution in [0.1, 0.15) is 13.3 Å². The Balaban J connectivity index is 1.93. The van der Waals surface area contributed by atoms with Crippen molar-refractivity contribution in [3.63, 3.8) is 0 Å². The van der Waals surface area contributed by atoms with E-state index in [-0.39, 0.29) is 0 Å². The molecule has 0 atom stereocenters. The first-order chi connectivity index (χ1) is 9.29. The van der Waals surface area contributed by atoms with E-state index in [1.807, 2.05) is 37.4 Å². The van der Waals surface area contributed by atoms with Crippen LogP contribution in [0.25, 0.3) is 0 Å². The lowest BCUT2D eigenvalue weighted by Gasteiger charge is -2.10. The van der Waals surface area contributed by atoms with Gasteiger partial charge in [0.15, 0.2) is 0 Å². The summed E-state index contributed by atoms with van der Waals surface area (Å²) in [6.45, 7) is 4.43. The second-order valence-electron chi connectivity index (χ2n) is 4.13. The van der Waals surface area contributed by atoms with Gasteiger partial charge in [0, 0.05) is 42.9 Å². The summed E-state index contributed by atoms with van der Waals surface area (Å²) in [6, 6.07) is 7.57. The van der Waals surface area contributed by atoms with Crippen LogP contribution in [0.2, 0.25) is 5.02 Å². The molecule has 0 amide bonds.